The van der Waals surface area contributed by atoms with Gasteiger partial charge in [-0.15, -0.1) is 0 Å². The summed E-state index contributed by atoms with van der Waals surface area (Å²) in [5.41, 5.74) is 1.95. The van der Waals surface area contributed by atoms with Crippen molar-refractivity contribution in [3.63, 3.8) is 0 Å². The maximum Gasteiger partial charge on any atom is 0.263 e. The van der Waals surface area contributed by atoms with Gasteiger partial charge in [-0.05, 0) is 67.1 Å². The highest BCUT2D eigenvalue weighted by Gasteiger charge is 2.19. The lowest BCUT2D eigenvalue weighted by atomic mass is 10.3. The predicted molar refractivity (Wildman–Crippen MR) is 135 cm³/mol. The van der Waals surface area contributed by atoms with E-state index in [9.17, 15) is 8.42 Å². The summed E-state index contributed by atoms with van der Waals surface area (Å²) in [5.74, 6) is 1.18. The maximum atomic E-state index is 13.0. The summed E-state index contributed by atoms with van der Waals surface area (Å²) >= 11 is 3.32. The first kappa shape index (κ1) is 23.0. The van der Waals surface area contributed by atoms with E-state index in [0.717, 1.165) is 28.8 Å². The number of sulfonamides is 1. The molecule has 4 aromatic rings. The minimum Gasteiger partial charge on any atom is -0.494 e. The van der Waals surface area contributed by atoms with Gasteiger partial charge >= 0.3 is 0 Å². The number of halogens is 1. The van der Waals surface area contributed by atoms with Gasteiger partial charge < -0.3 is 10.1 Å². The van der Waals surface area contributed by atoms with Gasteiger partial charge in [0.05, 0.1) is 22.5 Å². The first-order chi connectivity index (χ1) is 15.9. The lowest BCUT2D eigenvalue weighted by Crippen LogP contribution is -2.16. The Labute approximate surface area is 201 Å². The Kier molecular flexibility index (Phi) is 7.10. The monoisotopic (exact) mass is 526 g/mol. The zero-order valence-corrected chi connectivity index (χ0v) is 20.4. The third kappa shape index (κ3) is 5.80. The summed E-state index contributed by atoms with van der Waals surface area (Å²) in [6.07, 6.45) is 2.06. The summed E-state index contributed by atoms with van der Waals surface area (Å²) in [6.45, 7) is 2.78. The molecule has 3 aromatic carbocycles. The molecule has 0 aliphatic carbocycles. The largest absolute Gasteiger partial charge is 0.494 e. The minimum absolute atomic E-state index is 0.111. The van der Waals surface area contributed by atoms with Crippen LogP contribution in [0.2, 0.25) is 0 Å². The Morgan fingerprint density at radius 1 is 0.879 bits per heavy atom. The standard InChI is InChI=1S/C24H23BrN4O3S/c1-2-3-16-32-19-12-10-18(11-13-19)26-23-24(28-22-7-5-4-6-21(22)27-23)29-33(30,31)20-14-8-17(25)9-15-20/h4-15H,2-3,16H2,1H3,(H,26,27)(H,28,29). The average molecular weight is 527 g/mol. The van der Waals surface area contributed by atoms with Crippen LogP contribution in [0.15, 0.2) is 82.2 Å². The summed E-state index contributed by atoms with van der Waals surface area (Å²) in [6, 6.07) is 21.1. The van der Waals surface area contributed by atoms with Crippen LogP contribution in [0.3, 0.4) is 0 Å². The van der Waals surface area contributed by atoms with E-state index < -0.39 is 10.0 Å². The number of hydrogen-bond donors (Lipinski definition) is 2. The number of nitrogens with one attached hydrogen (secondary N) is 2. The maximum absolute atomic E-state index is 13.0. The molecule has 0 amide bonds. The van der Waals surface area contributed by atoms with Crippen molar-refractivity contribution in [3.8, 4) is 5.75 Å². The molecule has 0 atom stereocenters. The van der Waals surface area contributed by atoms with Gasteiger partial charge in [-0.2, -0.15) is 0 Å². The number of aromatic nitrogens is 2. The molecule has 0 unspecified atom stereocenters. The van der Waals surface area contributed by atoms with Gasteiger partial charge in [0.25, 0.3) is 10.0 Å². The van der Waals surface area contributed by atoms with Crippen LogP contribution >= 0.6 is 15.9 Å². The lowest BCUT2D eigenvalue weighted by molar-refractivity contribution is 0.309. The van der Waals surface area contributed by atoms with Crippen molar-refractivity contribution in [2.45, 2.75) is 24.7 Å². The summed E-state index contributed by atoms with van der Waals surface area (Å²) < 4.78 is 35.0. The number of rotatable bonds is 9. The van der Waals surface area contributed by atoms with E-state index in [1.54, 1.807) is 18.2 Å². The predicted octanol–water partition coefficient (Wildman–Crippen LogP) is 6.12. The number of nitrogens with zero attached hydrogens (tertiary/aromatic N) is 2. The van der Waals surface area contributed by atoms with E-state index in [2.05, 4.69) is 42.9 Å². The van der Waals surface area contributed by atoms with E-state index in [1.807, 2.05) is 42.5 Å². The first-order valence-electron chi connectivity index (χ1n) is 10.5. The fourth-order valence-electron chi connectivity index (χ4n) is 3.06. The highest BCUT2D eigenvalue weighted by molar-refractivity contribution is 9.10. The summed E-state index contributed by atoms with van der Waals surface area (Å²) in [5, 5.41) is 3.18. The summed E-state index contributed by atoms with van der Waals surface area (Å²) in [7, 11) is -3.87. The summed E-state index contributed by atoms with van der Waals surface area (Å²) in [4.78, 5) is 9.25. The molecule has 2 N–H and O–H groups in total. The Balaban J connectivity index is 1.64. The smallest absolute Gasteiger partial charge is 0.263 e. The fraction of sp³-hybridized carbons (Fsp3) is 0.167. The SMILES string of the molecule is CCCCOc1ccc(Nc2nc3ccccc3nc2NS(=O)(=O)c2ccc(Br)cc2)cc1. The Bertz CT molecular complexity index is 1340. The van der Waals surface area contributed by atoms with Gasteiger partial charge in [0.2, 0.25) is 0 Å². The van der Waals surface area contributed by atoms with Crippen LogP contribution in [-0.4, -0.2) is 25.0 Å². The molecule has 0 bridgehead atoms. The van der Waals surface area contributed by atoms with E-state index in [0.29, 0.717) is 23.5 Å². The third-order valence-corrected chi connectivity index (χ3v) is 6.69. The van der Waals surface area contributed by atoms with Gasteiger partial charge in [0.1, 0.15) is 5.75 Å². The van der Waals surface area contributed by atoms with Crippen LogP contribution in [-0.2, 0) is 10.0 Å². The molecule has 0 fully saturated rings. The molecule has 0 aliphatic rings. The second-order valence-corrected chi connectivity index (χ2v) is 9.92. The van der Waals surface area contributed by atoms with Crippen molar-refractivity contribution in [2.24, 2.45) is 0 Å². The lowest BCUT2D eigenvalue weighted by Gasteiger charge is -2.14. The molecule has 0 saturated heterocycles. The van der Waals surface area contributed by atoms with Crippen molar-refractivity contribution in [1.82, 2.24) is 9.97 Å². The average Bonchev–Trinajstić information content (AvgIpc) is 2.81. The topological polar surface area (TPSA) is 93.2 Å². The van der Waals surface area contributed by atoms with E-state index in [-0.39, 0.29) is 10.7 Å². The molecule has 9 heteroatoms. The number of benzene rings is 3. The van der Waals surface area contributed by atoms with Crippen molar-refractivity contribution in [2.75, 3.05) is 16.6 Å². The normalized spacial score (nSPS) is 11.3. The van der Waals surface area contributed by atoms with Gasteiger partial charge in [0.15, 0.2) is 11.6 Å². The van der Waals surface area contributed by atoms with E-state index in [1.165, 1.54) is 12.1 Å². The molecule has 0 spiro atoms. The van der Waals surface area contributed by atoms with Gasteiger partial charge in [-0.1, -0.05) is 41.4 Å². The Hall–Kier alpha value is -3.17. The number of fused-ring (bicyclic) bond motifs is 1. The molecular formula is C24H23BrN4O3S. The number of hydrogen-bond acceptors (Lipinski definition) is 6. The van der Waals surface area contributed by atoms with Crippen molar-refractivity contribution < 1.29 is 13.2 Å². The van der Waals surface area contributed by atoms with Crippen molar-refractivity contribution in [3.05, 3.63) is 77.3 Å². The van der Waals surface area contributed by atoms with E-state index >= 15 is 0 Å². The first-order valence-corrected chi connectivity index (χ1v) is 12.8. The molecule has 7 nitrogen and oxygen atoms in total. The molecular weight excluding hydrogens is 504 g/mol. The number of para-hydroxylation sites is 2. The second kappa shape index (κ2) is 10.2. The molecule has 0 aliphatic heterocycles. The zero-order valence-electron chi connectivity index (χ0n) is 18.0. The quantitative estimate of drug-likeness (QED) is 0.255. The zero-order chi connectivity index (χ0) is 23.3. The Morgan fingerprint density at radius 2 is 1.52 bits per heavy atom. The van der Waals surface area contributed by atoms with Gasteiger partial charge in [0, 0.05) is 10.2 Å². The van der Waals surface area contributed by atoms with Crippen LogP contribution in [0.5, 0.6) is 5.75 Å². The van der Waals surface area contributed by atoms with E-state index in [4.69, 9.17) is 4.74 Å². The minimum atomic E-state index is -3.87. The molecule has 1 aromatic heterocycles. The highest BCUT2D eigenvalue weighted by atomic mass is 79.9. The number of ether oxygens (including phenoxy) is 1. The van der Waals surface area contributed by atoms with Crippen LogP contribution in [0.4, 0.5) is 17.3 Å². The number of anilines is 3. The highest BCUT2D eigenvalue weighted by Crippen LogP contribution is 2.28. The van der Waals surface area contributed by atoms with Crippen molar-refractivity contribution >= 4 is 54.3 Å². The van der Waals surface area contributed by atoms with Crippen LogP contribution in [0, 0.1) is 0 Å². The Morgan fingerprint density at radius 3 is 2.15 bits per heavy atom. The van der Waals surface area contributed by atoms with Gasteiger partial charge in [-0.25, -0.2) is 18.4 Å². The molecule has 33 heavy (non-hydrogen) atoms. The molecule has 0 saturated carbocycles. The van der Waals surface area contributed by atoms with Crippen LogP contribution in [0.1, 0.15) is 19.8 Å². The fourth-order valence-corrected chi connectivity index (χ4v) is 4.34. The van der Waals surface area contributed by atoms with Crippen LogP contribution in [0.25, 0.3) is 11.0 Å². The van der Waals surface area contributed by atoms with Gasteiger partial charge in [-0.3, -0.25) is 4.72 Å². The molecule has 170 valence electrons. The number of unbranched alkanes of at least 4 members (excludes halogenated alkanes) is 1. The van der Waals surface area contributed by atoms with Crippen molar-refractivity contribution in [1.29, 1.82) is 0 Å². The van der Waals surface area contributed by atoms with Crippen LogP contribution < -0.4 is 14.8 Å². The molecule has 4 rings (SSSR count). The second-order valence-electron chi connectivity index (χ2n) is 7.32. The molecule has 1 heterocycles. The third-order valence-electron chi connectivity index (χ3n) is 4.81. The molecule has 0 radical (unpaired) electrons.